The van der Waals surface area contributed by atoms with Gasteiger partial charge >= 0.3 is 5.97 Å². The van der Waals surface area contributed by atoms with E-state index < -0.39 is 33.8 Å². The number of carbonyl (C=O) groups excluding carboxylic acids is 1. The number of aliphatic hydroxyl groups is 1. The SMILES string of the molecule is CC(=O)C(Cl)c1c(C(O)C(=O)O)cccc1[N+](=O)[O-]. The molecule has 19 heavy (non-hydrogen) atoms. The van der Waals surface area contributed by atoms with Crippen LogP contribution in [0, 0.1) is 10.1 Å². The van der Waals surface area contributed by atoms with Crippen LogP contribution in [0.4, 0.5) is 5.69 Å². The Morgan fingerprint density at radius 1 is 1.42 bits per heavy atom. The molecule has 0 spiro atoms. The zero-order valence-corrected chi connectivity index (χ0v) is 10.5. The number of benzene rings is 1. The van der Waals surface area contributed by atoms with Crippen LogP contribution >= 0.6 is 11.6 Å². The Kier molecular flexibility index (Phi) is 4.57. The molecule has 1 aromatic carbocycles. The second-order valence-electron chi connectivity index (χ2n) is 3.75. The number of aliphatic carboxylic acids is 1. The quantitative estimate of drug-likeness (QED) is 0.482. The molecule has 1 aromatic rings. The van der Waals surface area contributed by atoms with E-state index in [-0.39, 0.29) is 11.1 Å². The van der Waals surface area contributed by atoms with Gasteiger partial charge in [0, 0.05) is 11.6 Å². The number of carboxylic acids is 1. The van der Waals surface area contributed by atoms with Crippen molar-refractivity contribution in [2.75, 3.05) is 0 Å². The largest absolute Gasteiger partial charge is 0.479 e. The molecule has 2 N–H and O–H groups in total. The fourth-order valence-corrected chi connectivity index (χ4v) is 1.82. The molecule has 0 heterocycles. The van der Waals surface area contributed by atoms with Gasteiger partial charge in [0.25, 0.3) is 5.69 Å². The second kappa shape index (κ2) is 5.77. The molecule has 0 aromatic heterocycles. The molecule has 0 saturated carbocycles. The van der Waals surface area contributed by atoms with Crippen LogP contribution < -0.4 is 0 Å². The van der Waals surface area contributed by atoms with Gasteiger partial charge in [-0.2, -0.15) is 0 Å². The zero-order chi connectivity index (χ0) is 14.7. The lowest BCUT2D eigenvalue weighted by molar-refractivity contribution is -0.385. The van der Waals surface area contributed by atoms with E-state index in [1.807, 2.05) is 0 Å². The molecule has 0 saturated heterocycles. The van der Waals surface area contributed by atoms with Gasteiger partial charge in [0.2, 0.25) is 0 Å². The summed E-state index contributed by atoms with van der Waals surface area (Å²) < 4.78 is 0. The van der Waals surface area contributed by atoms with Gasteiger partial charge in [0.1, 0.15) is 5.38 Å². The number of aliphatic hydroxyl groups excluding tert-OH is 1. The number of ketones is 1. The lowest BCUT2D eigenvalue weighted by Gasteiger charge is -2.15. The predicted molar refractivity (Wildman–Crippen MR) is 65.0 cm³/mol. The van der Waals surface area contributed by atoms with Gasteiger partial charge in [0.15, 0.2) is 11.9 Å². The first kappa shape index (κ1) is 15.1. The minimum atomic E-state index is -1.99. The third kappa shape index (κ3) is 3.07. The molecule has 0 aliphatic heterocycles. The van der Waals surface area contributed by atoms with Crippen molar-refractivity contribution in [3.8, 4) is 0 Å². The average Bonchev–Trinajstić information content (AvgIpc) is 2.35. The summed E-state index contributed by atoms with van der Waals surface area (Å²) in [5, 5.41) is 27.8. The van der Waals surface area contributed by atoms with E-state index >= 15 is 0 Å². The number of nitro benzene ring substituents is 1. The number of nitro groups is 1. The predicted octanol–water partition coefficient (Wildman–Crippen LogP) is 1.58. The summed E-state index contributed by atoms with van der Waals surface area (Å²) in [6.45, 7) is 1.12. The highest BCUT2D eigenvalue weighted by Gasteiger charge is 2.31. The molecule has 8 heteroatoms. The Hall–Kier alpha value is -1.99. The van der Waals surface area contributed by atoms with Gasteiger partial charge < -0.3 is 10.2 Å². The van der Waals surface area contributed by atoms with Gasteiger partial charge in [0.05, 0.1) is 10.5 Å². The molecule has 7 nitrogen and oxygen atoms in total. The molecule has 0 bridgehead atoms. The lowest BCUT2D eigenvalue weighted by atomic mass is 9.96. The summed E-state index contributed by atoms with van der Waals surface area (Å²) >= 11 is 5.79. The van der Waals surface area contributed by atoms with Gasteiger partial charge in [-0.1, -0.05) is 12.1 Å². The molecule has 0 aliphatic carbocycles. The van der Waals surface area contributed by atoms with E-state index in [2.05, 4.69) is 0 Å². The maximum absolute atomic E-state index is 11.3. The Balaban J connectivity index is 3.55. The Labute approximate surface area is 112 Å². The van der Waals surface area contributed by atoms with Crippen LogP contribution in [0.2, 0.25) is 0 Å². The van der Waals surface area contributed by atoms with Crippen LogP contribution in [-0.2, 0) is 9.59 Å². The van der Waals surface area contributed by atoms with Crippen molar-refractivity contribution in [1.29, 1.82) is 0 Å². The van der Waals surface area contributed by atoms with Crippen molar-refractivity contribution in [2.24, 2.45) is 0 Å². The molecule has 0 fully saturated rings. The summed E-state index contributed by atoms with van der Waals surface area (Å²) in [6.07, 6.45) is -1.99. The molecule has 102 valence electrons. The van der Waals surface area contributed by atoms with Gasteiger partial charge in [-0.15, -0.1) is 11.6 Å². The van der Waals surface area contributed by atoms with E-state index in [4.69, 9.17) is 16.7 Å². The third-order valence-corrected chi connectivity index (χ3v) is 2.98. The first-order chi connectivity index (χ1) is 8.77. The second-order valence-corrected chi connectivity index (χ2v) is 4.19. The smallest absolute Gasteiger partial charge is 0.337 e. The highest BCUT2D eigenvalue weighted by molar-refractivity contribution is 6.31. The standard InChI is InChI=1S/C11H10ClNO6/c1-5(14)9(12)8-6(10(15)11(16)17)3-2-4-7(8)13(18)19/h2-4,9-10,15H,1H3,(H,16,17). The van der Waals surface area contributed by atoms with E-state index in [1.54, 1.807) is 0 Å². The molecule has 0 aliphatic rings. The maximum atomic E-state index is 11.3. The summed E-state index contributed by atoms with van der Waals surface area (Å²) in [5.74, 6) is -2.18. The van der Waals surface area contributed by atoms with Crippen LogP contribution in [0.25, 0.3) is 0 Å². The summed E-state index contributed by atoms with van der Waals surface area (Å²) in [5.41, 5.74) is -1.07. The van der Waals surface area contributed by atoms with Crippen molar-refractivity contribution in [3.63, 3.8) is 0 Å². The number of alkyl halides is 1. The molecule has 1 rings (SSSR count). The molecular weight excluding hydrogens is 278 g/mol. The van der Waals surface area contributed by atoms with Crippen molar-refractivity contribution in [2.45, 2.75) is 18.4 Å². The van der Waals surface area contributed by atoms with E-state index in [1.165, 1.54) is 12.1 Å². The fraction of sp³-hybridized carbons (Fsp3) is 0.273. The van der Waals surface area contributed by atoms with Crippen LogP contribution in [-0.4, -0.2) is 26.9 Å². The molecule has 0 radical (unpaired) electrons. The number of Topliss-reactive ketones (excluding diaryl/α,β-unsaturated/α-hetero) is 1. The normalized spacial score (nSPS) is 13.6. The topological polar surface area (TPSA) is 118 Å². The minimum Gasteiger partial charge on any atom is -0.479 e. The average molecular weight is 288 g/mol. The number of rotatable bonds is 5. The number of hydrogen-bond donors (Lipinski definition) is 2. The minimum absolute atomic E-state index is 0.267. The van der Waals surface area contributed by atoms with E-state index in [9.17, 15) is 24.8 Å². The van der Waals surface area contributed by atoms with Gasteiger partial charge in [-0.3, -0.25) is 14.9 Å². The van der Waals surface area contributed by atoms with Gasteiger partial charge in [-0.05, 0) is 6.92 Å². The van der Waals surface area contributed by atoms with Crippen LogP contribution in [0.5, 0.6) is 0 Å². The van der Waals surface area contributed by atoms with Gasteiger partial charge in [-0.25, -0.2) is 4.79 Å². The summed E-state index contributed by atoms with van der Waals surface area (Å²) in [6, 6.07) is 3.48. The first-order valence-corrected chi connectivity index (χ1v) is 5.53. The van der Waals surface area contributed by atoms with Crippen molar-refractivity contribution < 1.29 is 24.7 Å². The highest BCUT2D eigenvalue weighted by atomic mass is 35.5. The van der Waals surface area contributed by atoms with Crippen LogP contribution in [0.15, 0.2) is 18.2 Å². The van der Waals surface area contributed by atoms with Crippen molar-refractivity contribution >= 4 is 29.0 Å². The number of halogens is 1. The Bertz CT molecular complexity index is 544. The number of nitrogens with zero attached hydrogens (tertiary/aromatic N) is 1. The number of hydrogen-bond acceptors (Lipinski definition) is 5. The van der Waals surface area contributed by atoms with E-state index in [0.29, 0.717) is 0 Å². The van der Waals surface area contributed by atoms with Crippen molar-refractivity contribution in [3.05, 3.63) is 39.4 Å². The molecule has 2 atom stereocenters. The zero-order valence-electron chi connectivity index (χ0n) is 9.74. The maximum Gasteiger partial charge on any atom is 0.337 e. The highest BCUT2D eigenvalue weighted by Crippen LogP contribution is 2.36. The van der Waals surface area contributed by atoms with E-state index in [0.717, 1.165) is 13.0 Å². The first-order valence-electron chi connectivity index (χ1n) is 5.10. The summed E-state index contributed by atoms with van der Waals surface area (Å²) in [4.78, 5) is 32.2. The third-order valence-electron chi connectivity index (χ3n) is 2.45. The molecule has 0 amide bonds. The van der Waals surface area contributed by atoms with Crippen molar-refractivity contribution in [1.82, 2.24) is 0 Å². The fourth-order valence-electron chi connectivity index (χ4n) is 1.58. The van der Waals surface area contributed by atoms with Crippen LogP contribution in [0.1, 0.15) is 29.5 Å². The molecule has 2 unspecified atom stereocenters. The lowest BCUT2D eigenvalue weighted by Crippen LogP contribution is -2.16. The Morgan fingerprint density at radius 3 is 2.42 bits per heavy atom. The number of carboxylic acid groups (broad SMARTS) is 1. The summed E-state index contributed by atoms with van der Waals surface area (Å²) in [7, 11) is 0. The molecular formula is C11H10ClNO6. The van der Waals surface area contributed by atoms with Crippen LogP contribution in [0.3, 0.4) is 0 Å². The monoisotopic (exact) mass is 287 g/mol. The Morgan fingerprint density at radius 2 is 2.00 bits per heavy atom. The number of carbonyl (C=O) groups is 2.